The normalized spacial score (nSPS) is 9.30. The standard InChI is InChI=1S/C20H11N2.Y/c1-22-20-12-10-19(11-13-20)18-8-6-17(7-9-18)16-4-2-15(14-21)3-5-16;/h2-6,8-13H;/q-1;. The molecule has 3 aromatic rings. The van der Waals surface area contributed by atoms with E-state index in [0.29, 0.717) is 11.3 Å². The molecule has 0 N–H and O–H groups in total. The molecule has 3 heteroatoms. The van der Waals surface area contributed by atoms with Gasteiger partial charge in [0, 0.05) is 32.7 Å². The third-order valence-electron chi connectivity index (χ3n) is 3.47. The van der Waals surface area contributed by atoms with Crippen molar-refractivity contribution in [1.82, 2.24) is 0 Å². The minimum Gasteiger partial charge on any atom is -0.238 e. The summed E-state index contributed by atoms with van der Waals surface area (Å²) in [5, 5.41) is 8.82. The van der Waals surface area contributed by atoms with Crippen LogP contribution in [0, 0.1) is 24.0 Å². The summed E-state index contributed by atoms with van der Waals surface area (Å²) >= 11 is 0. The van der Waals surface area contributed by atoms with Gasteiger partial charge in [0.1, 0.15) is 0 Å². The fraction of sp³-hybridized carbons (Fsp3) is 0. The van der Waals surface area contributed by atoms with E-state index in [1.165, 1.54) is 0 Å². The minimum atomic E-state index is 0. The third kappa shape index (κ3) is 3.94. The van der Waals surface area contributed by atoms with Crippen LogP contribution in [0.25, 0.3) is 27.1 Å². The van der Waals surface area contributed by atoms with E-state index in [2.05, 4.69) is 17.0 Å². The maximum atomic E-state index is 8.82. The molecule has 0 bridgehead atoms. The Morgan fingerprint density at radius 1 is 0.826 bits per heavy atom. The fourth-order valence-electron chi connectivity index (χ4n) is 2.24. The zero-order chi connectivity index (χ0) is 15.4. The van der Waals surface area contributed by atoms with Crippen LogP contribution >= 0.6 is 0 Å². The molecular formula is C20H11N2Y-. The summed E-state index contributed by atoms with van der Waals surface area (Å²) < 4.78 is 0. The van der Waals surface area contributed by atoms with Crippen LogP contribution < -0.4 is 0 Å². The summed E-state index contributed by atoms with van der Waals surface area (Å²) in [4.78, 5) is 3.39. The van der Waals surface area contributed by atoms with Crippen molar-refractivity contribution < 1.29 is 32.7 Å². The largest absolute Gasteiger partial charge is 0.238 e. The average molecular weight is 368 g/mol. The van der Waals surface area contributed by atoms with Crippen LogP contribution in [-0.2, 0) is 32.7 Å². The van der Waals surface area contributed by atoms with Gasteiger partial charge in [-0.25, -0.2) is 4.85 Å². The number of hydrogen-bond acceptors (Lipinski definition) is 1. The Labute approximate surface area is 161 Å². The summed E-state index contributed by atoms with van der Waals surface area (Å²) in [5.74, 6) is 0. The van der Waals surface area contributed by atoms with E-state index < -0.39 is 0 Å². The molecule has 105 valence electrons. The van der Waals surface area contributed by atoms with Gasteiger partial charge in [-0.2, -0.15) is 5.26 Å². The zero-order valence-electron chi connectivity index (χ0n) is 12.3. The van der Waals surface area contributed by atoms with E-state index in [9.17, 15) is 0 Å². The van der Waals surface area contributed by atoms with Gasteiger partial charge in [0.25, 0.3) is 0 Å². The molecule has 0 aliphatic heterocycles. The van der Waals surface area contributed by atoms with E-state index in [-0.39, 0.29) is 32.7 Å². The van der Waals surface area contributed by atoms with Crippen LogP contribution in [0.3, 0.4) is 0 Å². The number of nitrogens with zero attached hydrogens (tertiary/aromatic N) is 2. The average Bonchev–Trinajstić information content (AvgIpc) is 2.62. The Morgan fingerprint density at radius 3 is 1.96 bits per heavy atom. The summed E-state index contributed by atoms with van der Waals surface area (Å²) in [6.45, 7) is 6.97. The van der Waals surface area contributed by atoms with E-state index in [4.69, 9.17) is 11.8 Å². The Bertz CT molecular complexity index is 789. The molecule has 0 spiro atoms. The second-order valence-corrected chi connectivity index (χ2v) is 4.84. The molecule has 0 aliphatic rings. The molecule has 0 saturated heterocycles. The van der Waals surface area contributed by atoms with Crippen molar-refractivity contribution in [2.24, 2.45) is 0 Å². The zero-order valence-corrected chi connectivity index (χ0v) is 15.2. The van der Waals surface area contributed by atoms with Gasteiger partial charge in [-0.1, -0.05) is 65.2 Å². The number of rotatable bonds is 2. The van der Waals surface area contributed by atoms with Crippen LogP contribution in [-0.4, -0.2) is 0 Å². The van der Waals surface area contributed by atoms with E-state index in [1.807, 2.05) is 54.6 Å². The predicted octanol–water partition coefficient (Wildman–Crippen LogP) is 5.24. The van der Waals surface area contributed by atoms with Crippen LogP contribution in [0.2, 0.25) is 0 Å². The van der Waals surface area contributed by atoms with Crippen molar-refractivity contribution >= 4 is 5.69 Å². The molecule has 3 aromatic carbocycles. The summed E-state index contributed by atoms with van der Waals surface area (Å²) in [6, 6.07) is 26.4. The van der Waals surface area contributed by atoms with Crippen molar-refractivity contribution in [3.05, 3.63) is 89.8 Å². The molecule has 0 amide bonds. The molecule has 0 unspecified atom stereocenters. The van der Waals surface area contributed by atoms with Crippen LogP contribution in [0.5, 0.6) is 0 Å². The minimum absolute atomic E-state index is 0. The van der Waals surface area contributed by atoms with Gasteiger partial charge in [-0.3, -0.25) is 0 Å². The molecule has 0 saturated carbocycles. The number of nitriles is 1. The Hall–Kier alpha value is -2.26. The fourth-order valence-corrected chi connectivity index (χ4v) is 2.24. The topological polar surface area (TPSA) is 28.1 Å². The van der Waals surface area contributed by atoms with Crippen molar-refractivity contribution in [3.8, 4) is 28.3 Å². The van der Waals surface area contributed by atoms with Crippen LogP contribution in [0.15, 0.2) is 66.7 Å². The van der Waals surface area contributed by atoms with Gasteiger partial charge in [0.05, 0.1) is 18.2 Å². The summed E-state index contributed by atoms with van der Waals surface area (Å²) in [6.07, 6.45) is 0. The number of benzene rings is 3. The maximum Gasteiger partial charge on any atom is 0.187 e. The number of hydrogen-bond donors (Lipinski definition) is 0. The molecule has 0 atom stereocenters. The first kappa shape index (κ1) is 17.1. The van der Waals surface area contributed by atoms with Gasteiger partial charge in [0.2, 0.25) is 0 Å². The molecule has 0 heterocycles. The van der Waals surface area contributed by atoms with Crippen molar-refractivity contribution in [1.29, 1.82) is 5.26 Å². The molecule has 3 rings (SSSR count). The van der Waals surface area contributed by atoms with Gasteiger partial charge in [0.15, 0.2) is 5.69 Å². The Kier molecular flexibility index (Phi) is 5.83. The van der Waals surface area contributed by atoms with Gasteiger partial charge in [-0.05, 0) is 0 Å². The van der Waals surface area contributed by atoms with Crippen molar-refractivity contribution in [2.45, 2.75) is 0 Å². The van der Waals surface area contributed by atoms with Crippen LogP contribution in [0.1, 0.15) is 5.56 Å². The van der Waals surface area contributed by atoms with Gasteiger partial charge < -0.3 is 0 Å². The van der Waals surface area contributed by atoms with E-state index in [0.717, 1.165) is 22.3 Å². The molecule has 0 aromatic heterocycles. The second kappa shape index (κ2) is 7.84. The first-order valence-electron chi connectivity index (χ1n) is 6.80. The Morgan fingerprint density at radius 2 is 1.43 bits per heavy atom. The quantitative estimate of drug-likeness (QED) is 0.569. The SMILES string of the molecule is [C-]#[N+]c1ccc(-c2c[c-]c(-c3ccc(C#N)cc3)cc2)cc1.[Y]. The van der Waals surface area contributed by atoms with Crippen molar-refractivity contribution in [2.75, 3.05) is 0 Å². The monoisotopic (exact) mass is 368 g/mol. The molecule has 0 aliphatic carbocycles. The van der Waals surface area contributed by atoms with Gasteiger partial charge >= 0.3 is 0 Å². The third-order valence-corrected chi connectivity index (χ3v) is 3.47. The Balaban J connectivity index is 0.00000192. The van der Waals surface area contributed by atoms with Crippen molar-refractivity contribution in [3.63, 3.8) is 0 Å². The molecular weight excluding hydrogens is 357 g/mol. The van der Waals surface area contributed by atoms with E-state index in [1.54, 1.807) is 12.1 Å². The first-order valence-corrected chi connectivity index (χ1v) is 6.80. The smallest absolute Gasteiger partial charge is 0.187 e. The predicted molar refractivity (Wildman–Crippen MR) is 87.1 cm³/mol. The second-order valence-electron chi connectivity index (χ2n) is 4.84. The molecule has 0 fully saturated rings. The summed E-state index contributed by atoms with van der Waals surface area (Å²) in [7, 11) is 0. The summed E-state index contributed by atoms with van der Waals surface area (Å²) in [5.41, 5.74) is 5.45. The van der Waals surface area contributed by atoms with Crippen LogP contribution in [0.4, 0.5) is 5.69 Å². The molecule has 23 heavy (non-hydrogen) atoms. The molecule has 1 radical (unpaired) electrons. The first-order chi connectivity index (χ1) is 10.8. The molecule has 2 nitrogen and oxygen atoms in total. The maximum absolute atomic E-state index is 8.82. The van der Waals surface area contributed by atoms with E-state index >= 15 is 0 Å². The van der Waals surface area contributed by atoms with Gasteiger partial charge in [-0.15, -0.1) is 29.8 Å².